The highest BCUT2D eigenvalue weighted by Gasteiger charge is 2.22. The fourth-order valence-electron chi connectivity index (χ4n) is 1.52. The van der Waals surface area contributed by atoms with Gasteiger partial charge >= 0.3 is 5.97 Å². The lowest BCUT2D eigenvalue weighted by atomic mass is 10.1. The molecule has 0 bridgehead atoms. The second-order valence-corrected chi connectivity index (χ2v) is 3.61. The molecule has 6 heteroatoms. The van der Waals surface area contributed by atoms with Crippen molar-refractivity contribution in [3.8, 4) is 0 Å². The quantitative estimate of drug-likeness (QED) is 0.536. The summed E-state index contributed by atoms with van der Waals surface area (Å²) in [6.45, 7) is 2.86. The van der Waals surface area contributed by atoms with E-state index in [0.717, 1.165) is 13.1 Å². The molecular weight excluding hydrogens is 198 g/mol. The molecule has 1 saturated heterocycles. The minimum absolute atomic E-state index is 0.0566. The third kappa shape index (κ3) is 3.85. The number of carbonyl (C=O) groups is 2. The lowest BCUT2D eigenvalue weighted by Gasteiger charge is -2.29. The SMILES string of the molecule is NC(CCC(=O)O)C(=O)N1CCNCC1. The normalized spacial score (nSPS) is 18.6. The topological polar surface area (TPSA) is 95.7 Å². The van der Waals surface area contributed by atoms with Gasteiger partial charge in [-0.3, -0.25) is 9.59 Å². The summed E-state index contributed by atoms with van der Waals surface area (Å²) in [6, 6.07) is -0.681. The Balaban J connectivity index is 2.33. The summed E-state index contributed by atoms with van der Waals surface area (Å²) in [4.78, 5) is 23.7. The number of nitrogens with two attached hydrogens (primary N) is 1. The molecule has 1 heterocycles. The molecule has 86 valence electrons. The van der Waals surface area contributed by atoms with Gasteiger partial charge in [-0.15, -0.1) is 0 Å². The van der Waals surface area contributed by atoms with E-state index in [0.29, 0.717) is 13.1 Å². The van der Waals surface area contributed by atoms with Gasteiger partial charge in [-0.25, -0.2) is 0 Å². The third-order valence-electron chi connectivity index (χ3n) is 2.42. The van der Waals surface area contributed by atoms with Gasteiger partial charge in [-0.1, -0.05) is 0 Å². The minimum Gasteiger partial charge on any atom is -0.481 e. The highest BCUT2D eigenvalue weighted by Crippen LogP contribution is 2.01. The smallest absolute Gasteiger partial charge is 0.303 e. The highest BCUT2D eigenvalue weighted by molar-refractivity contribution is 5.82. The van der Waals surface area contributed by atoms with Gasteiger partial charge in [0, 0.05) is 32.6 Å². The van der Waals surface area contributed by atoms with Gasteiger partial charge < -0.3 is 21.1 Å². The zero-order valence-corrected chi connectivity index (χ0v) is 8.61. The Morgan fingerprint density at radius 2 is 2.00 bits per heavy atom. The fraction of sp³-hybridized carbons (Fsp3) is 0.778. The van der Waals surface area contributed by atoms with E-state index in [1.165, 1.54) is 0 Å². The molecule has 1 unspecified atom stereocenters. The summed E-state index contributed by atoms with van der Waals surface area (Å²) < 4.78 is 0. The highest BCUT2D eigenvalue weighted by atomic mass is 16.4. The van der Waals surface area contributed by atoms with Crippen LogP contribution in [0.2, 0.25) is 0 Å². The molecule has 0 radical (unpaired) electrons. The maximum atomic E-state index is 11.7. The summed E-state index contributed by atoms with van der Waals surface area (Å²) >= 11 is 0. The van der Waals surface area contributed by atoms with Crippen LogP contribution in [-0.4, -0.2) is 54.1 Å². The fourth-order valence-corrected chi connectivity index (χ4v) is 1.52. The molecule has 1 amide bonds. The van der Waals surface area contributed by atoms with Crippen LogP contribution in [-0.2, 0) is 9.59 Å². The van der Waals surface area contributed by atoms with Crippen molar-refractivity contribution in [2.75, 3.05) is 26.2 Å². The lowest BCUT2D eigenvalue weighted by Crippen LogP contribution is -2.51. The molecule has 6 nitrogen and oxygen atoms in total. The van der Waals surface area contributed by atoms with Gasteiger partial charge in [-0.2, -0.15) is 0 Å². The van der Waals surface area contributed by atoms with Crippen molar-refractivity contribution < 1.29 is 14.7 Å². The van der Waals surface area contributed by atoms with Crippen molar-refractivity contribution in [1.82, 2.24) is 10.2 Å². The average molecular weight is 215 g/mol. The van der Waals surface area contributed by atoms with Crippen LogP contribution in [0.1, 0.15) is 12.8 Å². The second-order valence-electron chi connectivity index (χ2n) is 3.61. The molecule has 0 spiro atoms. The van der Waals surface area contributed by atoms with Crippen molar-refractivity contribution in [3.63, 3.8) is 0 Å². The summed E-state index contributed by atoms with van der Waals surface area (Å²) in [5.74, 6) is -1.06. The van der Waals surface area contributed by atoms with Crippen LogP contribution in [0.25, 0.3) is 0 Å². The monoisotopic (exact) mass is 215 g/mol. The molecule has 4 N–H and O–H groups in total. The first-order valence-electron chi connectivity index (χ1n) is 5.08. The molecule has 0 aromatic carbocycles. The molecule has 1 aliphatic rings. The lowest BCUT2D eigenvalue weighted by molar-refractivity contribution is -0.137. The summed E-state index contributed by atoms with van der Waals surface area (Å²) in [7, 11) is 0. The number of amides is 1. The number of piperazine rings is 1. The molecule has 15 heavy (non-hydrogen) atoms. The van der Waals surface area contributed by atoms with Crippen molar-refractivity contribution in [1.29, 1.82) is 0 Å². The number of carbonyl (C=O) groups excluding carboxylic acids is 1. The number of carboxylic acids is 1. The summed E-state index contributed by atoms with van der Waals surface area (Å²) in [5, 5.41) is 11.6. The van der Waals surface area contributed by atoms with Gasteiger partial charge in [0.1, 0.15) is 0 Å². The first-order chi connectivity index (χ1) is 7.11. The third-order valence-corrected chi connectivity index (χ3v) is 2.42. The van der Waals surface area contributed by atoms with Crippen molar-refractivity contribution in [2.24, 2.45) is 5.73 Å². The molecule has 1 aliphatic heterocycles. The van der Waals surface area contributed by atoms with E-state index in [-0.39, 0.29) is 18.7 Å². The average Bonchev–Trinajstić information content (AvgIpc) is 2.26. The largest absolute Gasteiger partial charge is 0.481 e. The Labute approximate surface area is 88.4 Å². The molecule has 1 atom stereocenters. The van der Waals surface area contributed by atoms with E-state index in [2.05, 4.69) is 5.32 Å². The van der Waals surface area contributed by atoms with Crippen molar-refractivity contribution in [3.05, 3.63) is 0 Å². The van der Waals surface area contributed by atoms with E-state index >= 15 is 0 Å². The van der Waals surface area contributed by atoms with E-state index in [4.69, 9.17) is 10.8 Å². The van der Waals surface area contributed by atoms with Gasteiger partial charge in [0.2, 0.25) is 5.91 Å². The van der Waals surface area contributed by atoms with Gasteiger partial charge in [0.05, 0.1) is 6.04 Å². The maximum Gasteiger partial charge on any atom is 0.303 e. The number of nitrogens with zero attached hydrogens (tertiary/aromatic N) is 1. The Morgan fingerprint density at radius 1 is 1.40 bits per heavy atom. The Bertz CT molecular complexity index is 239. The van der Waals surface area contributed by atoms with E-state index in [1.807, 2.05) is 0 Å². The molecule has 0 aliphatic carbocycles. The van der Waals surface area contributed by atoms with Crippen LogP contribution in [0.15, 0.2) is 0 Å². The number of rotatable bonds is 4. The zero-order valence-electron chi connectivity index (χ0n) is 8.61. The standard InChI is InChI=1S/C9H17N3O3/c10-7(1-2-8(13)14)9(15)12-5-3-11-4-6-12/h7,11H,1-6,10H2,(H,13,14). The predicted molar refractivity (Wildman–Crippen MR) is 54.3 cm³/mol. The van der Waals surface area contributed by atoms with E-state index in [9.17, 15) is 9.59 Å². The van der Waals surface area contributed by atoms with Crippen LogP contribution in [0.3, 0.4) is 0 Å². The predicted octanol–water partition coefficient (Wildman–Crippen LogP) is -1.39. The van der Waals surface area contributed by atoms with Crippen LogP contribution in [0, 0.1) is 0 Å². The van der Waals surface area contributed by atoms with Gasteiger partial charge in [0.15, 0.2) is 0 Å². The molecule has 0 aromatic heterocycles. The number of nitrogens with one attached hydrogen (secondary N) is 1. The van der Waals surface area contributed by atoms with Gasteiger partial charge in [-0.05, 0) is 6.42 Å². The molecule has 0 saturated carbocycles. The molecule has 1 rings (SSSR count). The maximum absolute atomic E-state index is 11.7. The van der Waals surface area contributed by atoms with Gasteiger partial charge in [0.25, 0.3) is 0 Å². The van der Waals surface area contributed by atoms with Crippen LogP contribution in [0.4, 0.5) is 0 Å². The van der Waals surface area contributed by atoms with E-state index < -0.39 is 12.0 Å². The Kier molecular flexibility index (Phi) is 4.51. The second kappa shape index (κ2) is 5.67. The zero-order chi connectivity index (χ0) is 11.3. The van der Waals surface area contributed by atoms with E-state index in [1.54, 1.807) is 4.90 Å². The Hall–Kier alpha value is -1.14. The van der Waals surface area contributed by atoms with Crippen molar-refractivity contribution >= 4 is 11.9 Å². The van der Waals surface area contributed by atoms with Crippen LogP contribution >= 0.6 is 0 Å². The molecule has 0 aromatic rings. The minimum atomic E-state index is -0.918. The van der Waals surface area contributed by atoms with Crippen LogP contribution < -0.4 is 11.1 Å². The first kappa shape index (κ1) is 11.9. The number of hydrogen-bond acceptors (Lipinski definition) is 4. The van der Waals surface area contributed by atoms with Crippen LogP contribution in [0.5, 0.6) is 0 Å². The number of hydrogen-bond donors (Lipinski definition) is 3. The molecular formula is C9H17N3O3. The Morgan fingerprint density at radius 3 is 2.53 bits per heavy atom. The summed E-state index contributed by atoms with van der Waals surface area (Å²) in [5.41, 5.74) is 5.62. The first-order valence-corrected chi connectivity index (χ1v) is 5.08. The summed E-state index contributed by atoms with van der Waals surface area (Å²) in [6.07, 6.45) is 0.150. The number of aliphatic carboxylic acids is 1. The molecule has 1 fully saturated rings. The van der Waals surface area contributed by atoms with Crippen molar-refractivity contribution in [2.45, 2.75) is 18.9 Å². The number of carboxylic acid groups (broad SMARTS) is 1.